The molecule has 0 aliphatic carbocycles. The van der Waals surface area contributed by atoms with Crippen LogP contribution in [-0.4, -0.2) is 30.6 Å². The molecule has 1 aliphatic rings. The summed E-state index contributed by atoms with van der Waals surface area (Å²) in [6.45, 7) is 0.659. The van der Waals surface area contributed by atoms with Crippen LogP contribution < -0.4 is 5.32 Å². The molecule has 0 aromatic heterocycles. The van der Waals surface area contributed by atoms with E-state index in [-0.39, 0.29) is 12.6 Å². The van der Waals surface area contributed by atoms with Crippen molar-refractivity contribution in [1.82, 2.24) is 5.32 Å². The standard InChI is InChI=1S/C6H9NO2/c8-3-5-1-6(4-9)7-2-5/h1,3,6-7,9H,2,4H2/t6-/m0/s1. The molecular formula is C6H9NO2. The third-order valence-corrected chi connectivity index (χ3v) is 1.33. The van der Waals surface area contributed by atoms with Crippen LogP contribution in [-0.2, 0) is 4.79 Å². The van der Waals surface area contributed by atoms with Crippen molar-refractivity contribution in [3.8, 4) is 0 Å². The van der Waals surface area contributed by atoms with Gasteiger partial charge in [-0.25, -0.2) is 0 Å². The zero-order valence-electron chi connectivity index (χ0n) is 5.00. The molecule has 3 heteroatoms. The molecule has 0 aromatic carbocycles. The summed E-state index contributed by atoms with van der Waals surface area (Å²) in [5.41, 5.74) is 0.731. The summed E-state index contributed by atoms with van der Waals surface area (Å²) < 4.78 is 0. The third-order valence-electron chi connectivity index (χ3n) is 1.33. The summed E-state index contributed by atoms with van der Waals surface area (Å²) in [7, 11) is 0. The number of aliphatic hydroxyl groups excluding tert-OH is 1. The smallest absolute Gasteiger partial charge is 0.147 e. The lowest BCUT2D eigenvalue weighted by molar-refractivity contribution is -0.104. The summed E-state index contributed by atoms with van der Waals surface area (Å²) in [5.74, 6) is 0. The van der Waals surface area contributed by atoms with Gasteiger partial charge >= 0.3 is 0 Å². The first kappa shape index (κ1) is 6.45. The molecule has 0 radical (unpaired) electrons. The van der Waals surface area contributed by atoms with Gasteiger partial charge in [0.15, 0.2) is 0 Å². The van der Waals surface area contributed by atoms with Gasteiger partial charge in [0.05, 0.1) is 6.61 Å². The molecule has 1 heterocycles. The number of hydrogen-bond donors (Lipinski definition) is 2. The van der Waals surface area contributed by atoms with E-state index in [4.69, 9.17) is 5.11 Å². The SMILES string of the molecule is O=CC1=C[C@@H](CO)NC1. The molecule has 0 amide bonds. The quantitative estimate of drug-likeness (QED) is 0.471. The van der Waals surface area contributed by atoms with Crippen LogP contribution in [0.5, 0.6) is 0 Å². The van der Waals surface area contributed by atoms with Crippen LogP contribution in [0.2, 0.25) is 0 Å². The van der Waals surface area contributed by atoms with Crippen molar-refractivity contribution >= 4 is 6.29 Å². The predicted octanol–water partition coefficient (Wildman–Crippen LogP) is -0.924. The molecule has 0 aromatic rings. The minimum Gasteiger partial charge on any atom is -0.394 e. The van der Waals surface area contributed by atoms with Crippen LogP contribution in [0.3, 0.4) is 0 Å². The fraction of sp³-hybridized carbons (Fsp3) is 0.500. The van der Waals surface area contributed by atoms with Gasteiger partial charge in [0.25, 0.3) is 0 Å². The number of carbonyl (C=O) groups is 1. The van der Waals surface area contributed by atoms with E-state index < -0.39 is 0 Å². The Labute approximate surface area is 53.4 Å². The van der Waals surface area contributed by atoms with E-state index in [1.807, 2.05) is 0 Å². The van der Waals surface area contributed by atoms with E-state index in [0.29, 0.717) is 6.54 Å². The van der Waals surface area contributed by atoms with Crippen LogP contribution in [0.4, 0.5) is 0 Å². The summed E-state index contributed by atoms with van der Waals surface area (Å²) in [6.07, 6.45) is 2.55. The highest BCUT2D eigenvalue weighted by atomic mass is 16.3. The molecule has 9 heavy (non-hydrogen) atoms. The van der Waals surface area contributed by atoms with Gasteiger partial charge in [-0.2, -0.15) is 0 Å². The first-order valence-electron chi connectivity index (χ1n) is 2.87. The molecular weight excluding hydrogens is 118 g/mol. The maximum absolute atomic E-state index is 10.1. The summed E-state index contributed by atoms with van der Waals surface area (Å²) in [4.78, 5) is 10.1. The fourth-order valence-electron chi connectivity index (χ4n) is 0.823. The van der Waals surface area contributed by atoms with Crippen molar-refractivity contribution < 1.29 is 9.90 Å². The Balaban J connectivity index is 2.49. The average molecular weight is 127 g/mol. The Morgan fingerprint density at radius 3 is 3.11 bits per heavy atom. The Morgan fingerprint density at radius 1 is 2.00 bits per heavy atom. The largest absolute Gasteiger partial charge is 0.394 e. The Kier molecular flexibility index (Phi) is 1.97. The topological polar surface area (TPSA) is 49.3 Å². The van der Waals surface area contributed by atoms with Crippen molar-refractivity contribution in [2.24, 2.45) is 0 Å². The van der Waals surface area contributed by atoms with Gasteiger partial charge in [-0.15, -0.1) is 0 Å². The minimum absolute atomic E-state index is 0.00907. The number of nitrogens with one attached hydrogen (secondary N) is 1. The highest BCUT2D eigenvalue weighted by molar-refractivity contribution is 5.74. The van der Waals surface area contributed by atoms with E-state index in [0.717, 1.165) is 11.9 Å². The molecule has 0 saturated heterocycles. The Morgan fingerprint density at radius 2 is 2.78 bits per heavy atom. The summed E-state index contributed by atoms with van der Waals surface area (Å²) in [5, 5.41) is 11.5. The van der Waals surface area contributed by atoms with Crippen molar-refractivity contribution in [2.45, 2.75) is 6.04 Å². The monoisotopic (exact) mass is 127 g/mol. The van der Waals surface area contributed by atoms with E-state index in [1.165, 1.54) is 0 Å². The summed E-state index contributed by atoms with van der Waals surface area (Å²) in [6, 6.07) is -0.00907. The Hall–Kier alpha value is -0.670. The van der Waals surface area contributed by atoms with E-state index in [2.05, 4.69) is 5.32 Å². The lowest BCUT2D eigenvalue weighted by atomic mass is 10.3. The molecule has 3 nitrogen and oxygen atoms in total. The number of hydrogen-bond acceptors (Lipinski definition) is 3. The first-order chi connectivity index (χ1) is 4.36. The van der Waals surface area contributed by atoms with Gasteiger partial charge < -0.3 is 10.4 Å². The first-order valence-corrected chi connectivity index (χ1v) is 2.87. The van der Waals surface area contributed by atoms with Crippen molar-refractivity contribution in [3.05, 3.63) is 11.6 Å². The second kappa shape index (κ2) is 2.75. The van der Waals surface area contributed by atoms with Crippen molar-refractivity contribution in [2.75, 3.05) is 13.2 Å². The maximum atomic E-state index is 10.1. The molecule has 1 rings (SSSR count). The van der Waals surface area contributed by atoms with Crippen LogP contribution in [0.15, 0.2) is 11.6 Å². The molecule has 0 fully saturated rings. The van der Waals surface area contributed by atoms with Crippen LogP contribution in [0.25, 0.3) is 0 Å². The highest BCUT2D eigenvalue weighted by Gasteiger charge is 2.11. The molecule has 0 saturated carbocycles. The van der Waals surface area contributed by atoms with Gasteiger partial charge in [-0.3, -0.25) is 4.79 Å². The second-order valence-electron chi connectivity index (χ2n) is 2.03. The van der Waals surface area contributed by atoms with Crippen molar-refractivity contribution in [3.63, 3.8) is 0 Å². The fourth-order valence-corrected chi connectivity index (χ4v) is 0.823. The normalized spacial score (nSPS) is 25.9. The average Bonchev–Trinajstić information content (AvgIpc) is 2.34. The van der Waals surface area contributed by atoms with Gasteiger partial charge in [0, 0.05) is 18.2 Å². The molecule has 50 valence electrons. The van der Waals surface area contributed by atoms with E-state index >= 15 is 0 Å². The molecule has 1 atom stereocenters. The number of aliphatic hydroxyl groups is 1. The third kappa shape index (κ3) is 1.37. The molecule has 0 unspecified atom stereocenters. The molecule has 0 bridgehead atoms. The van der Waals surface area contributed by atoms with E-state index in [1.54, 1.807) is 6.08 Å². The second-order valence-corrected chi connectivity index (χ2v) is 2.03. The minimum atomic E-state index is -0.00907. The van der Waals surface area contributed by atoms with Crippen LogP contribution in [0, 0.1) is 0 Å². The lowest BCUT2D eigenvalue weighted by Crippen LogP contribution is -2.25. The van der Waals surface area contributed by atoms with Crippen LogP contribution in [0.1, 0.15) is 0 Å². The number of aldehydes is 1. The van der Waals surface area contributed by atoms with Gasteiger partial charge in [-0.1, -0.05) is 6.08 Å². The number of rotatable bonds is 2. The van der Waals surface area contributed by atoms with Crippen molar-refractivity contribution in [1.29, 1.82) is 0 Å². The van der Waals surface area contributed by atoms with Gasteiger partial charge in [0.1, 0.15) is 6.29 Å². The summed E-state index contributed by atoms with van der Waals surface area (Å²) >= 11 is 0. The highest BCUT2D eigenvalue weighted by Crippen LogP contribution is 2.00. The van der Waals surface area contributed by atoms with Gasteiger partial charge in [0.2, 0.25) is 0 Å². The van der Waals surface area contributed by atoms with Crippen LogP contribution >= 0.6 is 0 Å². The predicted molar refractivity (Wildman–Crippen MR) is 33.0 cm³/mol. The number of carbonyl (C=O) groups excluding carboxylic acids is 1. The maximum Gasteiger partial charge on any atom is 0.147 e. The molecule has 1 aliphatic heterocycles. The Bertz CT molecular complexity index is 142. The van der Waals surface area contributed by atoms with E-state index in [9.17, 15) is 4.79 Å². The lowest BCUT2D eigenvalue weighted by Gasteiger charge is -2.00. The molecule has 0 spiro atoms. The zero-order chi connectivity index (χ0) is 6.69. The zero-order valence-corrected chi connectivity index (χ0v) is 5.00. The van der Waals surface area contributed by atoms with Gasteiger partial charge in [-0.05, 0) is 0 Å². The molecule has 2 N–H and O–H groups in total.